The molecule has 0 radical (unpaired) electrons. The second-order valence-corrected chi connectivity index (χ2v) is 4.84. The van der Waals surface area contributed by atoms with E-state index in [4.69, 9.17) is 10.5 Å². The first-order valence-electron chi connectivity index (χ1n) is 4.66. The first-order valence-corrected chi connectivity index (χ1v) is 5.54. The van der Waals surface area contributed by atoms with Crippen molar-refractivity contribution in [2.24, 2.45) is 10.7 Å². The summed E-state index contributed by atoms with van der Waals surface area (Å²) in [4.78, 5) is 3.85. The summed E-state index contributed by atoms with van der Waals surface area (Å²) in [6, 6.07) is -0.764. The van der Waals surface area contributed by atoms with Gasteiger partial charge in [-0.1, -0.05) is 11.8 Å². The van der Waals surface area contributed by atoms with Crippen LogP contribution in [0.1, 0.15) is 6.92 Å². The number of nitrogens with zero attached hydrogens (tertiary/aromatic N) is 1. The third-order valence-corrected chi connectivity index (χ3v) is 3.52. The van der Waals surface area contributed by atoms with Gasteiger partial charge in [-0.2, -0.15) is 0 Å². The lowest BCUT2D eigenvalue weighted by atomic mass is 9.97. The summed E-state index contributed by atoms with van der Waals surface area (Å²) in [5.41, 5.74) is 4.91. The first kappa shape index (κ1) is 11.1. The Hall–Kier alpha value is -0.370. The molecule has 0 aromatic rings. The second-order valence-electron chi connectivity index (χ2n) is 3.72. The van der Waals surface area contributed by atoms with Crippen LogP contribution in [-0.2, 0) is 4.74 Å². The van der Waals surface area contributed by atoms with E-state index in [-0.39, 0.29) is 5.17 Å². The zero-order chi connectivity index (χ0) is 11.2. The van der Waals surface area contributed by atoms with Crippen molar-refractivity contribution in [3.05, 3.63) is 0 Å². The number of hydrogen-bond acceptors (Lipinski definition) is 6. The number of halogens is 1. The predicted octanol–water partition coefficient (Wildman–Crippen LogP) is -0.779. The van der Waals surface area contributed by atoms with Crippen LogP contribution < -0.4 is 5.73 Å². The fourth-order valence-corrected chi connectivity index (χ4v) is 2.73. The second kappa shape index (κ2) is 3.89. The van der Waals surface area contributed by atoms with Crippen molar-refractivity contribution in [2.45, 2.75) is 42.9 Å². The Labute approximate surface area is 90.5 Å². The van der Waals surface area contributed by atoms with Crippen molar-refractivity contribution in [1.82, 2.24) is 0 Å². The highest BCUT2D eigenvalue weighted by Gasteiger charge is 2.50. The third kappa shape index (κ3) is 1.84. The maximum absolute atomic E-state index is 13.7. The van der Waals surface area contributed by atoms with Crippen molar-refractivity contribution in [3.63, 3.8) is 0 Å². The van der Waals surface area contributed by atoms with Gasteiger partial charge < -0.3 is 20.7 Å². The molecule has 15 heavy (non-hydrogen) atoms. The van der Waals surface area contributed by atoms with E-state index in [1.807, 2.05) is 0 Å². The number of alkyl halides is 1. The molecular formula is C8H13FN2O3S. The van der Waals surface area contributed by atoms with Gasteiger partial charge in [0.15, 0.2) is 11.3 Å². The first-order chi connectivity index (χ1) is 7.00. The summed E-state index contributed by atoms with van der Waals surface area (Å²) < 4.78 is 19.1. The molecule has 0 aliphatic carbocycles. The Kier molecular flexibility index (Phi) is 2.89. The molecule has 0 aromatic carbocycles. The average molecular weight is 236 g/mol. The van der Waals surface area contributed by atoms with Gasteiger partial charge >= 0.3 is 0 Å². The van der Waals surface area contributed by atoms with Crippen molar-refractivity contribution < 1.29 is 19.3 Å². The normalized spacial score (nSPS) is 47.2. The Morgan fingerprint density at radius 3 is 2.93 bits per heavy atom. The molecule has 0 amide bonds. The van der Waals surface area contributed by atoms with Gasteiger partial charge in [0.25, 0.3) is 0 Å². The molecule has 0 spiro atoms. The highest BCUT2D eigenvalue weighted by atomic mass is 32.2. The van der Waals surface area contributed by atoms with Gasteiger partial charge in [0, 0.05) is 0 Å². The molecular weight excluding hydrogens is 223 g/mol. The molecule has 0 bridgehead atoms. The van der Waals surface area contributed by atoms with Gasteiger partial charge in [0.1, 0.15) is 23.7 Å². The molecule has 4 N–H and O–H groups in total. The van der Waals surface area contributed by atoms with Gasteiger partial charge in [-0.3, -0.25) is 4.99 Å². The molecule has 0 unspecified atom stereocenters. The van der Waals surface area contributed by atoms with Gasteiger partial charge in [-0.25, -0.2) is 4.39 Å². The summed E-state index contributed by atoms with van der Waals surface area (Å²) in [7, 11) is 0. The molecule has 2 aliphatic rings. The molecule has 0 aromatic heterocycles. The molecule has 86 valence electrons. The van der Waals surface area contributed by atoms with Crippen LogP contribution in [0, 0.1) is 0 Å². The molecule has 1 fully saturated rings. The quantitative estimate of drug-likeness (QED) is 0.556. The summed E-state index contributed by atoms with van der Waals surface area (Å²) in [6.07, 6.45) is -4.75. The van der Waals surface area contributed by atoms with E-state index in [0.717, 1.165) is 11.8 Å². The van der Waals surface area contributed by atoms with Crippen LogP contribution in [0.4, 0.5) is 4.39 Å². The maximum atomic E-state index is 13.7. The van der Waals surface area contributed by atoms with Gasteiger partial charge in [-0.15, -0.1) is 0 Å². The van der Waals surface area contributed by atoms with Crippen LogP contribution >= 0.6 is 11.8 Å². The molecule has 2 aliphatic heterocycles. The standard InChI is InChI=1S/C8H13FN2O3S/c1-2(12)6-5(13)3(9)4-7(14-6)15-8(10)11-4/h2-7,12-13H,1H3,(H2,10,11)/t2-,3+,4+,5-,6+,7+/m0/s1. The Morgan fingerprint density at radius 1 is 1.67 bits per heavy atom. The van der Waals surface area contributed by atoms with E-state index in [1.54, 1.807) is 0 Å². The number of nitrogens with two attached hydrogens (primary N) is 1. The molecule has 2 rings (SSSR count). The highest BCUT2D eigenvalue weighted by molar-refractivity contribution is 8.14. The number of ether oxygens (including phenoxy) is 1. The van der Waals surface area contributed by atoms with E-state index in [9.17, 15) is 14.6 Å². The molecule has 5 nitrogen and oxygen atoms in total. The van der Waals surface area contributed by atoms with E-state index in [2.05, 4.69) is 4.99 Å². The lowest BCUT2D eigenvalue weighted by molar-refractivity contribution is -0.165. The van der Waals surface area contributed by atoms with Crippen LogP contribution in [0.2, 0.25) is 0 Å². The Balaban J connectivity index is 2.16. The van der Waals surface area contributed by atoms with E-state index >= 15 is 0 Å². The molecule has 6 atom stereocenters. The molecule has 7 heteroatoms. The van der Waals surface area contributed by atoms with E-state index in [0.29, 0.717) is 0 Å². The smallest absolute Gasteiger partial charge is 0.157 e. The average Bonchev–Trinajstić information content (AvgIpc) is 2.52. The lowest BCUT2D eigenvalue weighted by Crippen LogP contribution is -2.56. The molecule has 0 saturated carbocycles. The summed E-state index contributed by atoms with van der Waals surface area (Å²) in [5, 5.41) is 19.1. The van der Waals surface area contributed by atoms with Crippen molar-refractivity contribution >= 4 is 16.9 Å². The predicted molar refractivity (Wildman–Crippen MR) is 54.2 cm³/mol. The van der Waals surface area contributed by atoms with Crippen LogP contribution in [-0.4, -0.2) is 51.3 Å². The van der Waals surface area contributed by atoms with Crippen molar-refractivity contribution in [2.75, 3.05) is 0 Å². The highest BCUT2D eigenvalue weighted by Crippen LogP contribution is 2.37. The van der Waals surface area contributed by atoms with E-state index in [1.165, 1.54) is 6.92 Å². The zero-order valence-corrected chi connectivity index (χ0v) is 8.89. The lowest BCUT2D eigenvalue weighted by Gasteiger charge is -2.38. The third-order valence-electron chi connectivity index (χ3n) is 2.55. The largest absolute Gasteiger partial charge is 0.391 e. The topological polar surface area (TPSA) is 88.1 Å². The van der Waals surface area contributed by atoms with E-state index < -0.39 is 36.0 Å². The summed E-state index contributed by atoms with van der Waals surface area (Å²) in [6.45, 7) is 1.45. The minimum absolute atomic E-state index is 0.256. The van der Waals surface area contributed by atoms with Crippen LogP contribution in [0.3, 0.4) is 0 Å². The van der Waals surface area contributed by atoms with Gasteiger partial charge in [0.05, 0.1) is 6.10 Å². The number of aliphatic imine (C=N–C) groups is 1. The minimum Gasteiger partial charge on any atom is -0.391 e. The number of amidine groups is 1. The SMILES string of the molecule is C[C@H](O)[C@H]1O[C@@H]2SC(N)=N[C@@H]2[C@@H](F)[C@@H]1O. The number of rotatable bonds is 1. The van der Waals surface area contributed by atoms with Crippen LogP contribution in [0.5, 0.6) is 0 Å². The minimum atomic E-state index is -1.54. The summed E-state index contributed by atoms with van der Waals surface area (Å²) >= 11 is 1.12. The number of aliphatic hydroxyl groups excluding tert-OH is 2. The van der Waals surface area contributed by atoms with Crippen molar-refractivity contribution in [1.29, 1.82) is 0 Å². The van der Waals surface area contributed by atoms with Crippen LogP contribution in [0.15, 0.2) is 4.99 Å². The van der Waals surface area contributed by atoms with Gasteiger partial charge in [0.2, 0.25) is 0 Å². The van der Waals surface area contributed by atoms with Crippen molar-refractivity contribution in [3.8, 4) is 0 Å². The van der Waals surface area contributed by atoms with Crippen LogP contribution in [0.25, 0.3) is 0 Å². The number of fused-ring (bicyclic) bond motifs is 1. The number of aliphatic hydroxyl groups is 2. The fraction of sp³-hybridized carbons (Fsp3) is 0.875. The molecule has 2 heterocycles. The van der Waals surface area contributed by atoms with Gasteiger partial charge in [-0.05, 0) is 6.92 Å². The number of thioether (sulfide) groups is 1. The monoisotopic (exact) mass is 236 g/mol. The summed E-state index contributed by atoms with van der Waals surface area (Å²) in [5.74, 6) is 0. The zero-order valence-electron chi connectivity index (χ0n) is 8.08. The maximum Gasteiger partial charge on any atom is 0.157 e. The Morgan fingerprint density at radius 2 is 2.33 bits per heavy atom. The number of hydrogen-bond donors (Lipinski definition) is 3. The fourth-order valence-electron chi connectivity index (χ4n) is 1.77. The Bertz CT molecular complexity index is 289. The molecule has 1 saturated heterocycles.